The average molecular weight is 339 g/mol. The van der Waals surface area contributed by atoms with E-state index in [1.54, 1.807) is 24.5 Å². The summed E-state index contributed by atoms with van der Waals surface area (Å²) in [5, 5.41) is 20.9. The fourth-order valence-electron chi connectivity index (χ4n) is 2.50. The van der Waals surface area contributed by atoms with Crippen molar-refractivity contribution in [1.29, 1.82) is 5.26 Å². The molecule has 3 rings (SSSR count). The maximum atomic E-state index is 9.21. The Morgan fingerprint density at radius 2 is 2.08 bits per heavy atom. The highest BCUT2D eigenvalue weighted by Crippen LogP contribution is 2.33. The SMILES string of the molecule is CCNc1cc(-c2ccc(C#N)cc2-c2nncn2C)cc(Cl)n1. The maximum Gasteiger partial charge on any atom is 0.164 e. The first-order chi connectivity index (χ1) is 11.6. The molecule has 0 bridgehead atoms. The van der Waals surface area contributed by atoms with Crippen LogP contribution in [0.25, 0.3) is 22.5 Å². The van der Waals surface area contributed by atoms with Crippen LogP contribution in [0.1, 0.15) is 12.5 Å². The van der Waals surface area contributed by atoms with Gasteiger partial charge in [-0.1, -0.05) is 17.7 Å². The fourth-order valence-corrected chi connectivity index (χ4v) is 2.71. The van der Waals surface area contributed by atoms with Crippen molar-refractivity contribution in [2.45, 2.75) is 6.92 Å². The van der Waals surface area contributed by atoms with Gasteiger partial charge in [0.1, 0.15) is 17.3 Å². The van der Waals surface area contributed by atoms with Crippen LogP contribution in [-0.2, 0) is 7.05 Å². The zero-order valence-corrected chi connectivity index (χ0v) is 14.0. The van der Waals surface area contributed by atoms with Crippen LogP contribution in [-0.4, -0.2) is 26.3 Å². The van der Waals surface area contributed by atoms with Gasteiger partial charge in [-0.2, -0.15) is 5.26 Å². The van der Waals surface area contributed by atoms with E-state index >= 15 is 0 Å². The summed E-state index contributed by atoms with van der Waals surface area (Å²) in [5.41, 5.74) is 3.18. The van der Waals surface area contributed by atoms with Gasteiger partial charge in [-0.25, -0.2) is 4.98 Å². The molecule has 0 unspecified atom stereocenters. The minimum absolute atomic E-state index is 0.400. The number of nitriles is 1. The second-order valence-corrected chi connectivity index (χ2v) is 5.62. The molecule has 0 aliphatic rings. The lowest BCUT2D eigenvalue weighted by molar-refractivity contribution is 0.920. The highest BCUT2D eigenvalue weighted by Gasteiger charge is 2.14. The van der Waals surface area contributed by atoms with Gasteiger partial charge < -0.3 is 9.88 Å². The number of hydrogen-bond donors (Lipinski definition) is 1. The van der Waals surface area contributed by atoms with E-state index in [1.807, 2.05) is 30.7 Å². The molecule has 0 saturated carbocycles. The number of hydrogen-bond acceptors (Lipinski definition) is 5. The van der Waals surface area contributed by atoms with Crippen LogP contribution < -0.4 is 5.32 Å². The van der Waals surface area contributed by atoms with Gasteiger partial charge in [0.15, 0.2) is 5.82 Å². The predicted molar refractivity (Wildman–Crippen MR) is 93.6 cm³/mol. The zero-order chi connectivity index (χ0) is 17.1. The summed E-state index contributed by atoms with van der Waals surface area (Å²) < 4.78 is 1.81. The quantitative estimate of drug-likeness (QED) is 0.736. The Balaban J connectivity index is 2.22. The molecule has 7 heteroatoms. The molecule has 6 nitrogen and oxygen atoms in total. The predicted octanol–water partition coefficient (Wildman–Crippen LogP) is 3.50. The summed E-state index contributed by atoms with van der Waals surface area (Å²) in [5.74, 6) is 1.38. The van der Waals surface area contributed by atoms with Crippen molar-refractivity contribution >= 4 is 17.4 Å². The molecule has 3 aromatic rings. The largest absolute Gasteiger partial charge is 0.370 e. The molecule has 0 fully saturated rings. The summed E-state index contributed by atoms with van der Waals surface area (Å²) in [6, 6.07) is 11.4. The number of halogens is 1. The molecule has 0 aliphatic carbocycles. The van der Waals surface area contributed by atoms with Gasteiger partial charge in [-0.3, -0.25) is 0 Å². The van der Waals surface area contributed by atoms with Crippen LogP contribution in [0.4, 0.5) is 5.82 Å². The molecule has 2 aromatic heterocycles. The van der Waals surface area contributed by atoms with Crippen molar-refractivity contribution in [3.8, 4) is 28.6 Å². The monoisotopic (exact) mass is 338 g/mol. The van der Waals surface area contributed by atoms with Crippen LogP contribution in [0.3, 0.4) is 0 Å². The lowest BCUT2D eigenvalue weighted by atomic mass is 9.97. The van der Waals surface area contributed by atoms with Gasteiger partial charge in [0.25, 0.3) is 0 Å². The van der Waals surface area contributed by atoms with E-state index in [0.717, 1.165) is 23.2 Å². The fraction of sp³-hybridized carbons (Fsp3) is 0.176. The van der Waals surface area contributed by atoms with Crippen molar-refractivity contribution in [3.63, 3.8) is 0 Å². The minimum atomic E-state index is 0.400. The van der Waals surface area contributed by atoms with Gasteiger partial charge in [0.05, 0.1) is 11.6 Å². The Morgan fingerprint density at radius 1 is 1.25 bits per heavy atom. The molecule has 120 valence electrons. The highest BCUT2D eigenvalue weighted by molar-refractivity contribution is 6.29. The lowest BCUT2D eigenvalue weighted by Crippen LogP contribution is -2.00. The number of aryl methyl sites for hydroxylation is 1. The van der Waals surface area contributed by atoms with E-state index < -0.39 is 0 Å². The number of anilines is 1. The van der Waals surface area contributed by atoms with Gasteiger partial charge in [-0.15, -0.1) is 10.2 Å². The van der Waals surface area contributed by atoms with Crippen molar-refractivity contribution in [3.05, 3.63) is 47.4 Å². The number of benzene rings is 1. The van der Waals surface area contributed by atoms with E-state index in [4.69, 9.17) is 11.6 Å². The number of rotatable bonds is 4. The first kappa shape index (κ1) is 16.0. The van der Waals surface area contributed by atoms with E-state index in [9.17, 15) is 5.26 Å². The molecule has 0 saturated heterocycles. The number of nitrogens with zero attached hydrogens (tertiary/aromatic N) is 5. The van der Waals surface area contributed by atoms with Crippen LogP contribution in [0, 0.1) is 11.3 Å². The highest BCUT2D eigenvalue weighted by atomic mass is 35.5. The molecular weight excluding hydrogens is 324 g/mol. The second-order valence-electron chi connectivity index (χ2n) is 5.23. The van der Waals surface area contributed by atoms with E-state index in [2.05, 4.69) is 26.6 Å². The third kappa shape index (κ3) is 3.07. The summed E-state index contributed by atoms with van der Waals surface area (Å²) in [6.45, 7) is 2.74. The molecule has 24 heavy (non-hydrogen) atoms. The van der Waals surface area contributed by atoms with Gasteiger partial charge in [0.2, 0.25) is 0 Å². The first-order valence-electron chi connectivity index (χ1n) is 7.42. The van der Waals surface area contributed by atoms with Crippen LogP contribution in [0.5, 0.6) is 0 Å². The van der Waals surface area contributed by atoms with Crippen LogP contribution >= 0.6 is 11.6 Å². The topological polar surface area (TPSA) is 79.4 Å². The molecule has 0 radical (unpaired) electrons. The molecule has 1 N–H and O–H groups in total. The van der Waals surface area contributed by atoms with Crippen molar-refractivity contribution in [1.82, 2.24) is 19.7 Å². The van der Waals surface area contributed by atoms with Crippen molar-refractivity contribution in [2.75, 3.05) is 11.9 Å². The van der Waals surface area contributed by atoms with Gasteiger partial charge >= 0.3 is 0 Å². The van der Waals surface area contributed by atoms with Gasteiger partial charge in [-0.05, 0) is 42.3 Å². The molecule has 0 spiro atoms. The van der Waals surface area contributed by atoms with E-state index in [-0.39, 0.29) is 0 Å². The average Bonchev–Trinajstić information content (AvgIpc) is 3.00. The minimum Gasteiger partial charge on any atom is -0.370 e. The Hall–Kier alpha value is -2.91. The normalized spacial score (nSPS) is 10.4. The standard InChI is InChI=1S/C17H15ClN6/c1-3-20-16-8-12(7-15(18)22-16)13-5-4-11(9-19)6-14(13)17-23-21-10-24(17)2/h4-8,10H,3H2,1-2H3,(H,20,22). The summed E-state index contributed by atoms with van der Waals surface area (Å²) in [4.78, 5) is 4.26. The van der Waals surface area contributed by atoms with Crippen LogP contribution in [0.15, 0.2) is 36.7 Å². The van der Waals surface area contributed by atoms with E-state index in [0.29, 0.717) is 22.4 Å². The second kappa shape index (κ2) is 6.69. The Morgan fingerprint density at radius 3 is 2.75 bits per heavy atom. The van der Waals surface area contributed by atoms with E-state index in [1.165, 1.54) is 0 Å². The Labute approximate surface area is 144 Å². The molecule has 0 amide bonds. The molecular formula is C17H15ClN6. The molecule has 1 aromatic carbocycles. The zero-order valence-electron chi connectivity index (χ0n) is 13.3. The van der Waals surface area contributed by atoms with Gasteiger partial charge in [0, 0.05) is 19.2 Å². The summed E-state index contributed by atoms with van der Waals surface area (Å²) in [7, 11) is 1.86. The summed E-state index contributed by atoms with van der Waals surface area (Å²) >= 11 is 6.17. The number of pyridine rings is 1. The number of nitrogens with one attached hydrogen (secondary N) is 1. The van der Waals surface area contributed by atoms with Crippen LogP contribution in [0.2, 0.25) is 5.15 Å². The van der Waals surface area contributed by atoms with Crippen molar-refractivity contribution < 1.29 is 0 Å². The molecule has 0 aliphatic heterocycles. The molecule has 2 heterocycles. The number of aromatic nitrogens is 4. The molecule has 0 atom stereocenters. The Kier molecular flexibility index (Phi) is 4.45. The van der Waals surface area contributed by atoms with Crippen molar-refractivity contribution in [2.24, 2.45) is 7.05 Å². The first-order valence-corrected chi connectivity index (χ1v) is 7.80. The lowest BCUT2D eigenvalue weighted by Gasteiger charge is -2.12. The summed E-state index contributed by atoms with van der Waals surface area (Å²) in [6.07, 6.45) is 1.63. The Bertz CT molecular complexity index is 925. The smallest absolute Gasteiger partial charge is 0.164 e. The maximum absolute atomic E-state index is 9.21. The third-order valence-corrected chi connectivity index (χ3v) is 3.76. The third-order valence-electron chi connectivity index (χ3n) is 3.56.